The van der Waals surface area contributed by atoms with E-state index in [9.17, 15) is 9.90 Å². The fraction of sp³-hybridized carbons (Fsp3) is 0.188. The number of hydrogen-bond acceptors (Lipinski definition) is 3. The molecule has 0 spiro atoms. The van der Waals surface area contributed by atoms with Crippen LogP contribution in [0.1, 0.15) is 15.9 Å². The molecule has 104 valence electrons. The van der Waals surface area contributed by atoms with Gasteiger partial charge in [0.2, 0.25) is 0 Å². The Morgan fingerprint density at radius 1 is 1.15 bits per heavy atom. The number of hydrogen-bond donors (Lipinski definition) is 2. The lowest BCUT2D eigenvalue weighted by Gasteiger charge is -2.19. The van der Waals surface area contributed by atoms with E-state index in [4.69, 9.17) is 0 Å². The summed E-state index contributed by atoms with van der Waals surface area (Å²) in [5.74, 6) is 0.118. The number of amides is 1. The van der Waals surface area contributed by atoms with Gasteiger partial charge in [-0.2, -0.15) is 0 Å². The number of nitrogens with one attached hydrogen (secondary N) is 1. The van der Waals surface area contributed by atoms with Gasteiger partial charge in [-0.15, -0.1) is 0 Å². The minimum atomic E-state index is -0.0850. The van der Waals surface area contributed by atoms with Gasteiger partial charge in [0.05, 0.1) is 5.56 Å². The van der Waals surface area contributed by atoms with Crippen molar-refractivity contribution in [2.75, 3.05) is 19.4 Å². The van der Waals surface area contributed by atoms with E-state index in [2.05, 4.69) is 5.32 Å². The van der Waals surface area contributed by atoms with Gasteiger partial charge in [0.1, 0.15) is 5.75 Å². The van der Waals surface area contributed by atoms with Crippen molar-refractivity contribution in [2.45, 2.75) is 6.54 Å². The molecule has 0 radical (unpaired) electrons. The van der Waals surface area contributed by atoms with Gasteiger partial charge < -0.3 is 15.3 Å². The smallest absolute Gasteiger partial charge is 0.255 e. The third kappa shape index (κ3) is 2.91. The van der Waals surface area contributed by atoms with Gasteiger partial charge in [-0.25, -0.2) is 0 Å². The van der Waals surface area contributed by atoms with Crippen molar-refractivity contribution >= 4 is 11.6 Å². The summed E-state index contributed by atoms with van der Waals surface area (Å²) in [6.45, 7) is 0.365. The second-order valence-electron chi connectivity index (χ2n) is 4.59. The van der Waals surface area contributed by atoms with Crippen LogP contribution in [-0.2, 0) is 6.54 Å². The Balaban J connectivity index is 2.19. The van der Waals surface area contributed by atoms with E-state index in [1.165, 1.54) is 0 Å². The number of carbonyl (C=O) groups is 1. The molecule has 0 fully saturated rings. The summed E-state index contributed by atoms with van der Waals surface area (Å²) in [7, 11) is 3.51. The minimum absolute atomic E-state index is 0.0850. The fourth-order valence-corrected chi connectivity index (χ4v) is 2.07. The third-order valence-electron chi connectivity index (χ3n) is 3.17. The summed E-state index contributed by atoms with van der Waals surface area (Å²) >= 11 is 0. The molecule has 1 amide bonds. The quantitative estimate of drug-likeness (QED) is 0.898. The van der Waals surface area contributed by atoms with Gasteiger partial charge in [-0.1, -0.05) is 30.3 Å². The highest BCUT2D eigenvalue weighted by atomic mass is 16.3. The van der Waals surface area contributed by atoms with Crippen LogP contribution in [0, 0.1) is 0 Å². The van der Waals surface area contributed by atoms with E-state index in [-0.39, 0.29) is 11.7 Å². The predicted octanol–water partition coefficient (Wildman–Crippen LogP) is 2.71. The van der Waals surface area contributed by atoms with Gasteiger partial charge in [0.15, 0.2) is 0 Å². The van der Waals surface area contributed by atoms with Crippen LogP contribution in [0.5, 0.6) is 5.75 Å². The van der Waals surface area contributed by atoms with Crippen molar-refractivity contribution < 1.29 is 9.90 Å². The average Bonchev–Trinajstić information content (AvgIpc) is 2.48. The molecule has 0 atom stereocenters. The summed E-state index contributed by atoms with van der Waals surface area (Å²) < 4.78 is 0. The number of carbonyl (C=O) groups excluding carboxylic acids is 1. The Hall–Kier alpha value is -2.49. The molecule has 0 saturated heterocycles. The van der Waals surface area contributed by atoms with E-state index < -0.39 is 0 Å². The molecule has 2 rings (SSSR count). The molecule has 2 N–H and O–H groups in total. The number of phenolic OH excluding ortho intramolecular Hbond substituents is 1. The Morgan fingerprint density at radius 2 is 1.80 bits per heavy atom. The third-order valence-corrected chi connectivity index (χ3v) is 3.17. The molecule has 0 unspecified atom stereocenters. The van der Waals surface area contributed by atoms with Crippen LogP contribution >= 0.6 is 0 Å². The molecule has 0 heterocycles. The fourth-order valence-electron chi connectivity index (χ4n) is 2.07. The number of benzene rings is 2. The molecule has 4 nitrogen and oxygen atoms in total. The molecule has 0 saturated carbocycles. The van der Waals surface area contributed by atoms with Crippen molar-refractivity contribution in [2.24, 2.45) is 0 Å². The minimum Gasteiger partial charge on any atom is -0.508 e. The molecular formula is C16H18N2O2. The maximum atomic E-state index is 12.4. The number of rotatable bonds is 4. The lowest BCUT2D eigenvalue weighted by molar-refractivity contribution is 0.0785. The SMILES string of the molecule is CNc1ccccc1C(=O)N(C)Cc1ccccc1O. The molecule has 0 bridgehead atoms. The summed E-state index contributed by atoms with van der Waals surface area (Å²) in [5, 5.41) is 12.8. The van der Waals surface area contributed by atoms with Crippen molar-refractivity contribution in [1.29, 1.82) is 0 Å². The van der Waals surface area contributed by atoms with E-state index in [0.29, 0.717) is 12.1 Å². The molecule has 4 heteroatoms. The van der Waals surface area contributed by atoms with Crippen LogP contribution in [0.3, 0.4) is 0 Å². The van der Waals surface area contributed by atoms with Crippen LogP contribution in [0.2, 0.25) is 0 Å². The summed E-state index contributed by atoms with van der Waals surface area (Å²) in [4.78, 5) is 14.0. The Morgan fingerprint density at radius 3 is 2.50 bits per heavy atom. The van der Waals surface area contributed by atoms with Gasteiger partial charge >= 0.3 is 0 Å². The van der Waals surface area contributed by atoms with Crippen LogP contribution in [0.4, 0.5) is 5.69 Å². The Bertz CT molecular complexity index is 611. The second-order valence-corrected chi connectivity index (χ2v) is 4.59. The second kappa shape index (κ2) is 6.10. The number of anilines is 1. The van der Waals surface area contributed by atoms with E-state index >= 15 is 0 Å². The topological polar surface area (TPSA) is 52.6 Å². The highest BCUT2D eigenvalue weighted by Crippen LogP contribution is 2.20. The zero-order valence-corrected chi connectivity index (χ0v) is 11.6. The van der Waals surface area contributed by atoms with Gasteiger partial charge in [-0.3, -0.25) is 4.79 Å². The average molecular weight is 270 g/mol. The normalized spacial score (nSPS) is 10.1. The van der Waals surface area contributed by atoms with Gasteiger partial charge in [0.25, 0.3) is 5.91 Å². The number of phenols is 1. The summed E-state index contributed by atoms with van der Waals surface area (Å²) in [6, 6.07) is 14.4. The zero-order valence-electron chi connectivity index (χ0n) is 11.6. The zero-order chi connectivity index (χ0) is 14.5. The maximum absolute atomic E-state index is 12.4. The molecule has 2 aromatic carbocycles. The molecule has 20 heavy (non-hydrogen) atoms. The highest BCUT2D eigenvalue weighted by molar-refractivity contribution is 5.99. The number of nitrogens with zero attached hydrogens (tertiary/aromatic N) is 1. The highest BCUT2D eigenvalue weighted by Gasteiger charge is 2.16. The first kappa shape index (κ1) is 13.9. The largest absolute Gasteiger partial charge is 0.508 e. The van der Waals surface area contributed by atoms with Gasteiger partial charge in [-0.05, 0) is 18.2 Å². The standard InChI is InChI=1S/C16H18N2O2/c1-17-14-9-5-4-8-13(14)16(20)18(2)11-12-7-3-6-10-15(12)19/h3-10,17,19H,11H2,1-2H3. The van der Waals surface area contributed by atoms with E-state index in [0.717, 1.165) is 11.3 Å². The first-order valence-electron chi connectivity index (χ1n) is 6.42. The number of para-hydroxylation sites is 2. The molecule has 0 aliphatic rings. The van der Waals surface area contributed by atoms with Crippen molar-refractivity contribution in [3.05, 3.63) is 59.7 Å². The van der Waals surface area contributed by atoms with Crippen molar-refractivity contribution in [3.8, 4) is 5.75 Å². The number of aromatic hydroxyl groups is 1. The summed E-state index contributed by atoms with van der Waals surface area (Å²) in [5.41, 5.74) is 2.14. The first-order valence-corrected chi connectivity index (χ1v) is 6.42. The monoisotopic (exact) mass is 270 g/mol. The van der Waals surface area contributed by atoms with Crippen LogP contribution in [-0.4, -0.2) is 30.0 Å². The summed E-state index contributed by atoms with van der Waals surface area (Å²) in [6.07, 6.45) is 0. The van der Waals surface area contributed by atoms with Crippen LogP contribution < -0.4 is 5.32 Å². The van der Waals surface area contributed by atoms with E-state index in [1.54, 1.807) is 37.2 Å². The van der Waals surface area contributed by atoms with Crippen molar-refractivity contribution in [3.63, 3.8) is 0 Å². The first-order chi connectivity index (χ1) is 9.63. The predicted molar refractivity (Wildman–Crippen MR) is 79.9 cm³/mol. The van der Waals surface area contributed by atoms with Gasteiger partial charge in [0, 0.05) is 31.9 Å². The van der Waals surface area contributed by atoms with Crippen LogP contribution in [0.15, 0.2) is 48.5 Å². The Labute approximate surface area is 118 Å². The molecule has 0 aliphatic heterocycles. The molecule has 0 aliphatic carbocycles. The van der Waals surface area contributed by atoms with Crippen molar-refractivity contribution in [1.82, 2.24) is 4.90 Å². The lowest BCUT2D eigenvalue weighted by Crippen LogP contribution is -2.26. The molecular weight excluding hydrogens is 252 g/mol. The Kier molecular flexibility index (Phi) is 4.25. The van der Waals surface area contributed by atoms with Crippen LogP contribution in [0.25, 0.3) is 0 Å². The molecule has 0 aromatic heterocycles. The van der Waals surface area contributed by atoms with E-state index in [1.807, 2.05) is 30.3 Å². The molecule has 2 aromatic rings. The maximum Gasteiger partial charge on any atom is 0.255 e. The lowest BCUT2D eigenvalue weighted by atomic mass is 10.1.